The van der Waals surface area contributed by atoms with Crippen LogP contribution in [-0.4, -0.2) is 42.0 Å². The summed E-state index contributed by atoms with van der Waals surface area (Å²) in [6.45, 7) is 5.94. The smallest absolute Gasteiger partial charge is 0.319 e. The van der Waals surface area contributed by atoms with Gasteiger partial charge >= 0.3 is 6.01 Å². The van der Waals surface area contributed by atoms with Crippen LogP contribution in [0.4, 0.5) is 0 Å². The lowest BCUT2D eigenvalue weighted by atomic mass is 10.1. The molecule has 3 rings (SSSR count). The van der Waals surface area contributed by atoms with Crippen LogP contribution in [0, 0.1) is 20.8 Å². The number of rotatable bonds is 5. The predicted molar refractivity (Wildman–Crippen MR) is 99.7 cm³/mol. The van der Waals surface area contributed by atoms with Crippen molar-refractivity contribution in [2.75, 3.05) is 21.3 Å². The van der Waals surface area contributed by atoms with Gasteiger partial charge in [0.05, 0.1) is 38.3 Å². The minimum absolute atomic E-state index is 0.255. The quantitative estimate of drug-likeness (QED) is 0.892. The average molecular weight is 354 g/mol. The molecule has 0 bridgehead atoms. The van der Waals surface area contributed by atoms with Crippen LogP contribution in [0.25, 0.3) is 6.08 Å². The zero-order valence-corrected chi connectivity index (χ0v) is 15.8. The number of methoxy groups -OCH3 is 3. The van der Waals surface area contributed by atoms with Crippen molar-refractivity contribution in [1.29, 1.82) is 0 Å². The van der Waals surface area contributed by atoms with E-state index in [4.69, 9.17) is 19.2 Å². The summed E-state index contributed by atoms with van der Waals surface area (Å²) in [4.78, 5) is 16.6. The van der Waals surface area contributed by atoms with E-state index >= 15 is 0 Å². The Morgan fingerprint density at radius 2 is 1.77 bits per heavy atom. The highest BCUT2D eigenvalue weighted by atomic mass is 16.5. The molecule has 0 aromatic carbocycles. The third kappa shape index (κ3) is 3.20. The van der Waals surface area contributed by atoms with Gasteiger partial charge in [0.15, 0.2) is 0 Å². The van der Waals surface area contributed by atoms with Crippen LogP contribution < -0.4 is 9.47 Å². The van der Waals surface area contributed by atoms with Crippen molar-refractivity contribution in [3.8, 4) is 11.9 Å². The Balaban J connectivity index is 2.10. The number of nitrogens with one attached hydrogen (secondary N) is 1. The highest BCUT2D eigenvalue weighted by Gasteiger charge is 2.23. The number of aromatic nitrogens is 3. The largest absolute Gasteiger partial charge is 0.494 e. The minimum Gasteiger partial charge on any atom is -0.494 e. The first-order valence-electron chi connectivity index (χ1n) is 8.16. The molecule has 0 fully saturated rings. The monoisotopic (exact) mass is 354 g/mol. The van der Waals surface area contributed by atoms with E-state index in [1.165, 1.54) is 7.11 Å². The van der Waals surface area contributed by atoms with Gasteiger partial charge in [0, 0.05) is 17.5 Å². The maximum absolute atomic E-state index is 5.51. The fraction of sp³-hybridized carbons (Fsp3) is 0.316. The fourth-order valence-electron chi connectivity index (χ4n) is 2.90. The van der Waals surface area contributed by atoms with Crippen molar-refractivity contribution in [2.24, 2.45) is 4.99 Å². The average Bonchev–Trinajstić information content (AvgIpc) is 3.16. The van der Waals surface area contributed by atoms with Gasteiger partial charge in [-0.3, -0.25) is 0 Å². The van der Waals surface area contributed by atoms with Crippen molar-refractivity contribution in [3.05, 3.63) is 51.8 Å². The van der Waals surface area contributed by atoms with Crippen molar-refractivity contribution in [2.45, 2.75) is 20.8 Å². The van der Waals surface area contributed by atoms with Crippen molar-refractivity contribution < 1.29 is 14.2 Å². The lowest BCUT2D eigenvalue weighted by Crippen LogP contribution is -2.08. The fourth-order valence-corrected chi connectivity index (χ4v) is 2.90. The van der Waals surface area contributed by atoms with Gasteiger partial charge < -0.3 is 19.2 Å². The van der Waals surface area contributed by atoms with Gasteiger partial charge in [0.25, 0.3) is 0 Å². The second-order valence-corrected chi connectivity index (χ2v) is 5.97. The van der Waals surface area contributed by atoms with Crippen LogP contribution in [0.15, 0.2) is 28.6 Å². The predicted octanol–water partition coefficient (Wildman–Crippen LogP) is 3.12. The van der Waals surface area contributed by atoms with Gasteiger partial charge in [-0.15, -0.1) is 0 Å². The number of nitrogens with zero attached hydrogens (tertiary/aromatic N) is 3. The number of aliphatic imine (C=N–C) groups is 1. The van der Waals surface area contributed by atoms with Crippen LogP contribution >= 0.6 is 0 Å². The number of allylic oxidation sites excluding steroid dienone is 1. The number of aryl methyl sites for hydroxylation is 3. The molecule has 0 saturated heterocycles. The molecule has 2 aromatic rings. The Hall–Kier alpha value is -3.09. The molecule has 26 heavy (non-hydrogen) atoms. The summed E-state index contributed by atoms with van der Waals surface area (Å²) >= 11 is 0. The molecule has 0 saturated carbocycles. The molecule has 1 aliphatic heterocycles. The number of hydrogen-bond donors (Lipinski definition) is 1. The molecule has 0 unspecified atom stereocenters. The van der Waals surface area contributed by atoms with Crippen LogP contribution in [0.1, 0.15) is 28.2 Å². The lowest BCUT2D eigenvalue weighted by Gasteiger charge is -2.10. The van der Waals surface area contributed by atoms with Crippen LogP contribution in [0.3, 0.4) is 0 Å². The molecule has 1 N–H and O–H groups in total. The molecule has 0 atom stereocenters. The number of ether oxygens (including phenoxy) is 3. The van der Waals surface area contributed by atoms with Crippen molar-refractivity contribution in [3.63, 3.8) is 0 Å². The first kappa shape index (κ1) is 17.7. The summed E-state index contributed by atoms with van der Waals surface area (Å²) in [5.41, 5.74) is 6.09. The molecule has 7 heteroatoms. The Labute approximate surface area is 152 Å². The Morgan fingerprint density at radius 1 is 1.00 bits per heavy atom. The molecule has 0 amide bonds. The standard InChI is InChI=1S/C19H22N4O3/c1-10-7-11(2)20-13(10)8-14-16(24-4)9-15(22-14)17-12(3)21-19(26-6)23-18(17)25-5/h7-9,20H,1-6H3/b14-8-. The molecule has 2 aromatic heterocycles. The number of H-pyrrole nitrogens is 1. The van der Waals surface area contributed by atoms with Gasteiger partial charge in [-0.2, -0.15) is 9.97 Å². The minimum atomic E-state index is 0.255. The summed E-state index contributed by atoms with van der Waals surface area (Å²) in [7, 11) is 4.70. The zero-order valence-electron chi connectivity index (χ0n) is 15.8. The molecule has 0 spiro atoms. The van der Waals surface area contributed by atoms with E-state index in [0.29, 0.717) is 28.6 Å². The molecular formula is C19H22N4O3. The van der Waals surface area contributed by atoms with Crippen LogP contribution in [0.5, 0.6) is 11.9 Å². The second-order valence-electron chi connectivity index (χ2n) is 5.97. The van der Waals surface area contributed by atoms with Crippen LogP contribution in [-0.2, 0) is 4.74 Å². The molecule has 1 aliphatic rings. The Bertz CT molecular complexity index is 939. The lowest BCUT2D eigenvalue weighted by molar-refractivity contribution is 0.303. The van der Waals surface area contributed by atoms with E-state index < -0.39 is 0 Å². The second kappa shape index (κ2) is 7.03. The highest BCUT2D eigenvalue weighted by Crippen LogP contribution is 2.30. The van der Waals surface area contributed by atoms with Gasteiger partial charge in [0.2, 0.25) is 5.88 Å². The molecule has 3 heterocycles. The summed E-state index contributed by atoms with van der Waals surface area (Å²) < 4.78 is 16.0. The summed E-state index contributed by atoms with van der Waals surface area (Å²) in [6.07, 6.45) is 3.83. The number of aromatic amines is 1. The highest BCUT2D eigenvalue weighted by molar-refractivity contribution is 6.14. The maximum atomic E-state index is 5.51. The first-order valence-corrected chi connectivity index (χ1v) is 8.16. The first-order chi connectivity index (χ1) is 12.5. The van der Waals surface area contributed by atoms with E-state index in [2.05, 4.69) is 27.9 Å². The molecule has 0 radical (unpaired) electrons. The maximum Gasteiger partial charge on any atom is 0.319 e. The van der Waals surface area contributed by atoms with Gasteiger partial charge in [-0.05, 0) is 38.5 Å². The SMILES string of the molecule is COC1=CC(c2c(C)nc(OC)nc2OC)=N/C1=C\c1[nH]c(C)cc1C. The third-order valence-electron chi connectivity index (χ3n) is 4.12. The zero-order chi connectivity index (χ0) is 18.8. The normalized spacial score (nSPS) is 15.1. The van der Waals surface area contributed by atoms with Crippen molar-refractivity contribution >= 4 is 11.8 Å². The molecule has 136 valence electrons. The Morgan fingerprint density at radius 3 is 2.35 bits per heavy atom. The van der Waals surface area contributed by atoms with Gasteiger partial charge in [-0.1, -0.05) is 0 Å². The summed E-state index contributed by atoms with van der Waals surface area (Å²) in [5.74, 6) is 1.08. The van der Waals surface area contributed by atoms with E-state index in [0.717, 1.165) is 22.6 Å². The molecule has 0 aliphatic carbocycles. The Kier molecular flexibility index (Phi) is 4.79. The van der Waals surface area contributed by atoms with Gasteiger partial charge in [-0.25, -0.2) is 4.99 Å². The van der Waals surface area contributed by atoms with E-state index in [1.807, 2.05) is 26.0 Å². The van der Waals surface area contributed by atoms with Crippen molar-refractivity contribution in [1.82, 2.24) is 15.0 Å². The van der Waals surface area contributed by atoms with E-state index in [-0.39, 0.29) is 6.01 Å². The topological polar surface area (TPSA) is 81.6 Å². The van der Waals surface area contributed by atoms with E-state index in [9.17, 15) is 0 Å². The third-order valence-corrected chi connectivity index (χ3v) is 4.12. The summed E-state index contributed by atoms with van der Waals surface area (Å²) in [6, 6.07) is 2.35. The van der Waals surface area contributed by atoms with E-state index in [1.54, 1.807) is 14.2 Å². The number of hydrogen-bond acceptors (Lipinski definition) is 6. The summed E-state index contributed by atoms with van der Waals surface area (Å²) in [5, 5.41) is 0. The molecule has 7 nitrogen and oxygen atoms in total. The van der Waals surface area contributed by atoms with Crippen LogP contribution in [0.2, 0.25) is 0 Å². The van der Waals surface area contributed by atoms with Gasteiger partial charge in [0.1, 0.15) is 11.5 Å². The molecular weight excluding hydrogens is 332 g/mol.